The van der Waals surface area contributed by atoms with Gasteiger partial charge in [0.15, 0.2) is 5.82 Å². The van der Waals surface area contributed by atoms with E-state index in [4.69, 9.17) is 0 Å². The molecule has 0 bridgehead atoms. The fraction of sp³-hybridized carbons (Fsp3) is 0.250. The van der Waals surface area contributed by atoms with Crippen molar-refractivity contribution < 1.29 is 13.6 Å². The first-order chi connectivity index (χ1) is 17.0. The Morgan fingerprint density at radius 3 is 2.86 bits per heavy atom. The van der Waals surface area contributed by atoms with Crippen molar-refractivity contribution in [3.05, 3.63) is 60.1 Å². The number of nitrogens with zero attached hydrogens (tertiary/aromatic N) is 4. The number of thiophene rings is 1. The molecule has 4 heterocycles. The van der Waals surface area contributed by atoms with Gasteiger partial charge in [-0.05, 0) is 29.6 Å². The Morgan fingerprint density at radius 1 is 1.17 bits per heavy atom. The van der Waals surface area contributed by atoms with Crippen molar-refractivity contribution in [2.75, 3.05) is 38.5 Å². The Morgan fingerprint density at radius 2 is 2.06 bits per heavy atom. The topological polar surface area (TPSA) is 95.1 Å². The molecule has 3 aromatic heterocycles. The molecular formula is C24H23F2N7OS. The van der Waals surface area contributed by atoms with E-state index in [2.05, 4.69) is 30.9 Å². The number of hydrogen-bond donors (Lipinski definition) is 3. The zero-order valence-corrected chi connectivity index (χ0v) is 19.8. The first-order valence-corrected chi connectivity index (χ1v) is 12.0. The van der Waals surface area contributed by atoms with Crippen molar-refractivity contribution in [1.82, 2.24) is 30.5 Å². The Kier molecular flexibility index (Phi) is 6.51. The Labute approximate surface area is 204 Å². The van der Waals surface area contributed by atoms with E-state index in [0.717, 1.165) is 33.0 Å². The first kappa shape index (κ1) is 23.1. The highest BCUT2D eigenvalue weighted by atomic mass is 32.1. The lowest BCUT2D eigenvalue weighted by Crippen LogP contribution is -2.32. The van der Waals surface area contributed by atoms with E-state index in [0.29, 0.717) is 37.6 Å². The number of pyridine rings is 1. The van der Waals surface area contributed by atoms with Gasteiger partial charge in [-0.25, -0.2) is 24.1 Å². The van der Waals surface area contributed by atoms with E-state index in [1.807, 2.05) is 31.3 Å². The molecule has 1 aliphatic rings. The highest BCUT2D eigenvalue weighted by molar-refractivity contribution is 7.22. The molecule has 0 spiro atoms. The molecule has 35 heavy (non-hydrogen) atoms. The van der Waals surface area contributed by atoms with Crippen LogP contribution in [0.2, 0.25) is 0 Å². The molecule has 8 nitrogen and oxygen atoms in total. The van der Waals surface area contributed by atoms with Gasteiger partial charge in [0.2, 0.25) is 11.9 Å². The number of amides is 2. The molecule has 0 aliphatic carbocycles. The predicted octanol–water partition coefficient (Wildman–Crippen LogP) is 3.86. The Hall–Kier alpha value is -3.70. The lowest BCUT2D eigenvalue weighted by atomic mass is 10.0. The summed E-state index contributed by atoms with van der Waals surface area (Å²) in [4.78, 5) is 26.2. The third-order valence-corrected chi connectivity index (χ3v) is 6.93. The molecule has 1 saturated heterocycles. The maximum Gasteiger partial charge on any atom is 0.317 e. The van der Waals surface area contributed by atoms with Gasteiger partial charge >= 0.3 is 6.03 Å². The van der Waals surface area contributed by atoms with Gasteiger partial charge in [0, 0.05) is 55.3 Å². The summed E-state index contributed by atoms with van der Waals surface area (Å²) in [6, 6.07) is 8.97. The van der Waals surface area contributed by atoms with Gasteiger partial charge in [-0.2, -0.15) is 4.39 Å². The molecule has 1 aliphatic heterocycles. The molecule has 1 fully saturated rings. The lowest BCUT2D eigenvalue weighted by Gasteiger charge is -2.14. The van der Waals surface area contributed by atoms with Crippen molar-refractivity contribution in [2.24, 2.45) is 0 Å². The van der Waals surface area contributed by atoms with E-state index in [1.54, 1.807) is 4.90 Å². The van der Waals surface area contributed by atoms with Crippen LogP contribution in [-0.4, -0.2) is 59.1 Å². The maximum absolute atomic E-state index is 14.8. The van der Waals surface area contributed by atoms with Crippen LogP contribution in [0, 0.1) is 11.8 Å². The predicted molar refractivity (Wildman–Crippen MR) is 132 cm³/mol. The van der Waals surface area contributed by atoms with Gasteiger partial charge in [-0.15, -0.1) is 11.3 Å². The van der Waals surface area contributed by atoms with Crippen LogP contribution in [0.4, 0.5) is 19.5 Å². The number of halogens is 2. The second-order valence-corrected chi connectivity index (χ2v) is 9.12. The van der Waals surface area contributed by atoms with Gasteiger partial charge in [-0.1, -0.05) is 18.2 Å². The molecule has 0 saturated carbocycles. The average molecular weight is 496 g/mol. The third kappa shape index (κ3) is 4.77. The molecular weight excluding hydrogens is 472 g/mol. The number of hydrogen-bond acceptors (Lipinski definition) is 7. The molecule has 180 valence electrons. The van der Waals surface area contributed by atoms with Crippen molar-refractivity contribution in [1.29, 1.82) is 0 Å². The van der Waals surface area contributed by atoms with Crippen LogP contribution in [0.3, 0.4) is 0 Å². The second-order valence-electron chi connectivity index (χ2n) is 8.06. The number of rotatable bonds is 8. The third-order valence-electron chi connectivity index (χ3n) is 5.74. The standard InChI is InChI=1S/C24H23F2N7OS/c1-27-11-15-12-30-20(26)10-17(15)16-4-2-3-14-9-19(35-22(14)16)21-18(25)13-31-23(32-21)28-5-7-33-8-6-29-24(33)34/h2-4,9-10,12-13,27H,5-8,11H2,1H3,(H,29,34)(H,28,31,32). The number of urea groups is 1. The number of carbonyl (C=O) groups is 1. The molecule has 2 amide bonds. The zero-order valence-electron chi connectivity index (χ0n) is 18.9. The average Bonchev–Trinajstić information content (AvgIpc) is 3.47. The smallest absolute Gasteiger partial charge is 0.317 e. The maximum atomic E-state index is 14.8. The number of fused-ring (bicyclic) bond motifs is 1. The van der Waals surface area contributed by atoms with Gasteiger partial charge in [0.25, 0.3) is 0 Å². The van der Waals surface area contributed by atoms with Crippen LogP contribution in [-0.2, 0) is 6.54 Å². The number of benzene rings is 1. The lowest BCUT2D eigenvalue weighted by molar-refractivity contribution is 0.219. The van der Waals surface area contributed by atoms with E-state index >= 15 is 0 Å². The highest BCUT2D eigenvalue weighted by Gasteiger charge is 2.19. The first-order valence-electron chi connectivity index (χ1n) is 11.1. The van der Waals surface area contributed by atoms with E-state index in [9.17, 15) is 13.6 Å². The molecule has 4 aromatic rings. The Balaban J connectivity index is 1.46. The number of aromatic nitrogens is 3. The quantitative estimate of drug-likeness (QED) is 0.322. The highest BCUT2D eigenvalue weighted by Crippen LogP contribution is 2.40. The van der Waals surface area contributed by atoms with Crippen molar-refractivity contribution >= 4 is 33.4 Å². The monoisotopic (exact) mass is 495 g/mol. The minimum Gasteiger partial charge on any atom is -0.352 e. The van der Waals surface area contributed by atoms with E-state index in [-0.39, 0.29) is 17.7 Å². The van der Waals surface area contributed by atoms with Crippen LogP contribution in [0.5, 0.6) is 0 Å². The second kappa shape index (κ2) is 9.88. The minimum atomic E-state index is -0.558. The Bertz CT molecular complexity index is 1390. The normalized spacial score (nSPS) is 13.5. The summed E-state index contributed by atoms with van der Waals surface area (Å²) in [5.41, 5.74) is 2.64. The summed E-state index contributed by atoms with van der Waals surface area (Å²) in [6.45, 7) is 2.75. The fourth-order valence-corrected chi connectivity index (χ4v) is 5.26. The molecule has 5 rings (SSSR count). The van der Waals surface area contributed by atoms with Crippen LogP contribution >= 0.6 is 11.3 Å². The molecule has 0 radical (unpaired) electrons. The summed E-state index contributed by atoms with van der Waals surface area (Å²) in [5.74, 6) is -0.808. The summed E-state index contributed by atoms with van der Waals surface area (Å²) in [7, 11) is 1.82. The summed E-state index contributed by atoms with van der Waals surface area (Å²) in [6.07, 6.45) is 2.67. The molecule has 11 heteroatoms. The van der Waals surface area contributed by atoms with Crippen LogP contribution in [0.1, 0.15) is 5.56 Å². The SMILES string of the molecule is CNCc1cnc(F)cc1-c1cccc2cc(-c3nc(NCCN4CCNC4=O)ncc3F)sc12. The summed E-state index contributed by atoms with van der Waals surface area (Å²) >= 11 is 1.39. The van der Waals surface area contributed by atoms with Gasteiger partial charge in [0.1, 0.15) is 5.69 Å². The summed E-state index contributed by atoms with van der Waals surface area (Å²) in [5, 5.41) is 9.81. The van der Waals surface area contributed by atoms with Crippen molar-refractivity contribution in [2.45, 2.75) is 6.54 Å². The molecule has 0 atom stereocenters. The number of carbonyl (C=O) groups excluding carboxylic acids is 1. The number of anilines is 1. The van der Waals surface area contributed by atoms with Crippen LogP contribution in [0.15, 0.2) is 42.7 Å². The van der Waals surface area contributed by atoms with Crippen LogP contribution < -0.4 is 16.0 Å². The van der Waals surface area contributed by atoms with Gasteiger partial charge in [0.05, 0.1) is 11.1 Å². The fourth-order valence-electron chi connectivity index (χ4n) is 4.08. The number of nitrogens with one attached hydrogen (secondary N) is 3. The zero-order chi connectivity index (χ0) is 24.4. The summed E-state index contributed by atoms with van der Waals surface area (Å²) < 4.78 is 29.7. The largest absolute Gasteiger partial charge is 0.352 e. The van der Waals surface area contributed by atoms with E-state index in [1.165, 1.54) is 23.6 Å². The van der Waals surface area contributed by atoms with Gasteiger partial charge in [-0.3, -0.25) is 0 Å². The molecule has 1 aromatic carbocycles. The van der Waals surface area contributed by atoms with Crippen molar-refractivity contribution in [3.8, 4) is 21.7 Å². The van der Waals surface area contributed by atoms with Crippen molar-refractivity contribution in [3.63, 3.8) is 0 Å². The van der Waals surface area contributed by atoms with E-state index < -0.39 is 11.8 Å². The minimum absolute atomic E-state index is 0.0967. The van der Waals surface area contributed by atoms with Crippen LogP contribution in [0.25, 0.3) is 31.8 Å². The molecule has 0 unspecified atom stereocenters. The van der Waals surface area contributed by atoms with Gasteiger partial charge < -0.3 is 20.9 Å². The molecule has 3 N–H and O–H groups in total.